The van der Waals surface area contributed by atoms with Crippen LogP contribution in [0.2, 0.25) is 0 Å². The Morgan fingerprint density at radius 2 is 1.43 bits per heavy atom. The summed E-state index contributed by atoms with van der Waals surface area (Å²) in [4.78, 5) is 12.6. The highest BCUT2D eigenvalue weighted by Gasteiger charge is 2.15. The molecule has 5 nitrogen and oxygen atoms in total. The normalized spacial score (nSPS) is 14.4. The molecule has 5 heteroatoms. The summed E-state index contributed by atoms with van der Waals surface area (Å²) in [5.74, 6) is 2.04. The van der Waals surface area contributed by atoms with Gasteiger partial charge < -0.3 is 9.47 Å². The quantitative estimate of drug-likeness (QED) is 0.274. The number of nitrogens with zero attached hydrogens (tertiary/aromatic N) is 1. The van der Waals surface area contributed by atoms with Gasteiger partial charge in [-0.1, -0.05) is 55.7 Å². The summed E-state index contributed by atoms with van der Waals surface area (Å²) in [5, 5.41) is 4.31. The minimum Gasteiger partial charge on any atom is -0.494 e. The van der Waals surface area contributed by atoms with E-state index in [0.717, 1.165) is 28.3 Å². The third-order valence-corrected chi connectivity index (χ3v) is 6.49. The fraction of sp³-hybridized carbons (Fsp3) is 0.333. The van der Waals surface area contributed by atoms with Gasteiger partial charge in [-0.15, -0.1) is 0 Å². The molecule has 0 radical (unpaired) electrons. The van der Waals surface area contributed by atoms with Crippen LogP contribution < -0.4 is 14.9 Å². The van der Waals surface area contributed by atoms with E-state index in [1.807, 2.05) is 50.2 Å². The highest BCUT2D eigenvalue weighted by Crippen LogP contribution is 2.32. The molecule has 1 aliphatic rings. The lowest BCUT2D eigenvalue weighted by Crippen LogP contribution is -2.19. The maximum atomic E-state index is 12.6. The van der Waals surface area contributed by atoms with Crippen molar-refractivity contribution in [3.8, 4) is 11.5 Å². The van der Waals surface area contributed by atoms with E-state index in [2.05, 4.69) is 34.8 Å². The van der Waals surface area contributed by atoms with Gasteiger partial charge in [0.05, 0.1) is 12.3 Å². The molecule has 35 heavy (non-hydrogen) atoms. The lowest BCUT2D eigenvalue weighted by atomic mass is 9.84. The fourth-order valence-corrected chi connectivity index (χ4v) is 4.41. The van der Waals surface area contributed by atoms with Crippen LogP contribution in [0.15, 0.2) is 77.9 Å². The van der Waals surface area contributed by atoms with Crippen molar-refractivity contribution in [2.24, 2.45) is 5.10 Å². The summed E-state index contributed by atoms with van der Waals surface area (Å²) in [6.45, 7) is 4.93. The first-order valence-electron chi connectivity index (χ1n) is 12.5. The fourth-order valence-electron chi connectivity index (χ4n) is 4.41. The predicted molar refractivity (Wildman–Crippen MR) is 140 cm³/mol. The predicted octanol–water partition coefficient (Wildman–Crippen LogP) is 6.87. The number of ether oxygens (including phenoxy) is 2. The van der Waals surface area contributed by atoms with Gasteiger partial charge in [0.15, 0.2) is 0 Å². The molecule has 0 saturated heterocycles. The van der Waals surface area contributed by atoms with Crippen molar-refractivity contribution in [2.45, 2.75) is 58.5 Å². The minimum absolute atomic E-state index is 0.234. The van der Waals surface area contributed by atoms with Crippen molar-refractivity contribution in [1.29, 1.82) is 0 Å². The van der Waals surface area contributed by atoms with Gasteiger partial charge in [-0.3, -0.25) is 4.79 Å². The van der Waals surface area contributed by atoms with Crippen LogP contribution in [0.4, 0.5) is 0 Å². The van der Waals surface area contributed by atoms with Crippen LogP contribution in [0.5, 0.6) is 11.5 Å². The monoisotopic (exact) mass is 470 g/mol. The number of hydrogen-bond acceptors (Lipinski definition) is 4. The molecule has 1 saturated carbocycles. The Hall–Kier alpha value is -3.60. The van der Waals surface area contributed by atoms with Crippen molar-refractivity contribution in [3.63, 3.8) is 0 Å². The number of hydrogen-bond donors (Lipinski definition) is 1. The van der Waals surface area contributed by atoms with Crippen molar-refractivity contribution >= 4 is 11.6 Å². The topological polar surface area (TPSA) is 59.9 Å². The van der Waals surface area contributed by atoms with Crippen LogP contribution in [0.25, 0.3) is 0 Å². The van der Waals surface area contributed by atoms with Gasteiger partial charge in [0.1, 0.15) is 18.1 Å². The highest BCUT2D eigenvalue weighted by molar-refractivity contribution is 6.00. The molecular formula is C30H34N2O3. The number of amides is 1. The Labute approximate surface area is 208 Å². The average Bonchev–Trinajstić information content (AvgIpc) is 2.92. The van der Waals surface area contributed by atoms with E-state index in [0.29, 0.717) is 24.7 Å². The first-order valence-corrected chi connectivity index (χ1v) is 12.5. The van der Waals surface area contributed by atoms with Gasteiger partial charge in [-0.05, 0) is 85.7 Å². The second-order valence-electron chi connectivity index (χ2n) is 8.99. The molecule has 0 spiro atoms. The van der Waals surface area contributed by atoms with Crippen LogP contribution in [-0.2, 0) is 6.61 Å². The SMILES string of the molecule is CCOc1ccc(OCc2ccc(C(=O)N/N=C(/C)c3ccc(C4CCCCC4)cc3)cc2)cc1. The zero-order chi connectivity index (χ0) is 24.5. The van der Waals surface area contributed by atoms with Crippen molar-refractivity contribution in [3.05, 3.63) is 95.1 Å². The molecule has 0 aliphatic heterocycles. The molecule has 182 valence electrons. The standard InChI is InChI=1S/C30H34N2O3/c1-3-34-28-17-19-29(20-18-28)35-21-23-9-11-27(12-10-23)30(33)32-31-22(2)24-13-15-26(16-14-24)25-7-5-4-6-8-25/h9-20,25H,3-8,21H2,1-2H3,(H,32,33)/b31-22-. The summed E-state index contributed by atoms with van der Waals surface area (Å²) in [5.41, 5.74) is 7.43. The van der Waals surface area contributed by atoms with Crippen LogP contribution in [-0.4, -0.2) is 18.2 Å². The summed E-state index contributed by atoms with van der Waals surface area (Å²) in [7, 11) is 0. The molecule has 0 aromatic heterocycles. The molecule has 3 aromatic rings. The van der Waals surface area contributed by atoms with Crippen molar-refractivity contribution in [1.82, 2.24) is 5.43 Å². The van der Waals surface area contributed by atoms with Gasteiger partial charge in [0.2, 0.25) is 0 Å². The molecule has 0 heterocycles. The van der Waals surface area contributed by atoms with Crippen LogP contribution in [0.1, 0.15) is 78.9 Å². The average molecular weight is 471 g/mol. The Morgan fingerprint density at radius 3 is 2.06 bits per heavy atom. The van der Waals surface area contributed by atoms with E-state index >= 15 is 0 Å². The maximum Gasteiger partial charge on any atom is 0.271 e. The van der Waals surface area contributed by atoms with Crippen LogP contribution >= 0.6 is 0 Å². The zero-order valence-electron chi connectivity index (χ0n) is 20.6. The lowest BCUT2D eigenvalue weighted by Gasteiger charge is -2.22. The Balaban J connectivity index is 1.28. The zero-order valence-corrected chi connectivity index (χ0v) is 20.6. The van der Waals surface area contributed by atoms with E-state index in [1.54, 1.807) is 12.1 Å². The Kier molecular flexibility index (Phi) is 8.55. The van der Waals surface area contributed by atoms with Gasteiger partial charge in [-0.25, -0.2) is 5.43 Å². The number of nitrogens with one attached hydrogen (secondary N) is 1. The molecule has 1 amide bonds. The lowest BCUT2D eigenvalue weighted by molar-refractivity contribution is 0.0954. The largest absolute Gasteiger partial charge is 0.494 e. The van der Waals surface area contributed by atoms with Gasteiger partial charge >= 0.3 is 0 Å². The molecule has 1 fully saturated rings. The first kappa shape index (κ1) is 24.5. The van der Waals surface area contributed by atoms with E-state index in [4.69, 9.17) is 9.47 Å². The van der Waals surface area contributed by atoms with Crippen molar-refractivity contribution in [2.75, 3.05) is 6.61 Å². The molecule has 0 atom stereocenters. The number of rotatable bonds is 9. The third-order valence-electron chi connectivity index (χ3n) is 6.49. The second kappa shape index (κ2) is 12.2. The van der Waals surface area contributed by atoms with Gasteiger partial charge in [-0.2, -0.15) is 5.10 Å². The number of hydrazone groups is 1. The summed E-state index contributed by atoms with van der Waals surface area (Å²) in [6.07, 6.45) is 6.59. The summed E-state index contributed by atoms with van der Waals surface area (Å²) >= 11 is 0. The number of carbonyl (C=O) groups excluding carboxylic acids is 1. The molecule has 1 N–H and O–H groups in total. The second-order valence-corrected chi connectivity index (χ2v) is 8.99. The smallest absolute Gasteiger partial charge is 0.271 e. The van der Waals surface area contributed by atoms with E-state index in [-0.39, 0.29) is 5.91 Å². The highest BCUT2D eigenvalue weighted by atomic mass is 16.5. The van der Waals surface area contributed by atoms with E-state index in [9.17, 15) is 4.79 Å². The minimum atomic E-state index is -0.234. The van der Waals surface area contributed by atoms with E-state index in [1.165, 1.54) is 37.7 Å². The maximum absolute atomic E-state index is 12.6. The summed E-state index contributed by atoms with van der Waals surface area (Å²) < 4.78 is 11.3. The first-order chi connectivity index (χ1) is 17.1. The Morgan fingerprint density at radius 1 is 0.829 bits per heavy atom. The van der Waals surface area contributed by atoms with Crippen LogP contribution in [0, 0.1) is 0 Å². The molecule has 4 rings (SSSR count). The number of carbonyl (C=O) groups is 1. The number of benzene rings is 3. The Bertz CT molecular complexity index is 1110. The molecule has 1 aliphatic carbocycles. The summed E-state index contributed by atoms with van der Waals surface area (Å²) in [6, 6.07) is 23.5. The van der Waals surface area contributed by atoms with Crippen molar-refractivity contribution < 1.29 is 14.3 Å². The molecular weight excluding hydrogens is 436 g/mol. The van der Waals surface area contributed by atoms with E-state index < -0.39 is 0 Å². The van der Waals surface area contributed by atoms with Gasteiger partial charge in [0.25, 0.3) is 5.91 Å². The third kappa shape index (κ3) is 6.95. The van der Waals surface area contributed by atoms with Gasteiger partial charge in [0, 0.05) is 5.56 Å². The molecule has 3 aromatic carbocycles. The molecule has 0 unspecified atom stereocenters. The molecule has 0 bridgehead atoms. The van der Waals surface area contributed by atoms with Crippen LogP contribution in [0.3, 0.4) is 0 Å².